The summed E-state index contributed by atoms with van der Waals surface area (Å²) in [5.74, 6) is 1.51. The number of amides is 3. The largest absolute Gasteiger partial charge is 0.453 e. The zero-order valence-corrected chi connectivity index (χ0v) is 32.1. The van der Waals surface area contributed by atoms with Gasteiger partial charge >= 0.3 is 6.09 Å². The topological polar surface area (TPSA) is 162 Å². The molecule has 4 aliphatic rings. The first-order valence-corrected chi connectivity index (χ1v) is 19.9. The lowest BCUT2D eigenvalue weighted by Crippen LogP contribution is -2.51. The number of hydrogen-bond acceptors (Lipinski definition) is 8. The second-order valence-electron chi connectivity index (χ2n) is 15.0. The Balaban J connectivity index is 1.12. The maximum absolute atomic E-state index is 13.8. The van der Waals surface area contributed by atoms with Crippen LogP contribution in [-0.4, -0.2) is 91.4 Å². The van der Waals surface area contributed by atoms with Crippen molar-refractivity contribution < 1.29 is 19.1 Å². The Morgan fingerprint density at radius 1 is 0.846 bits per heavy atom. The fraction of sp³-hybridized carbons (Fsp3) is 0.564. The van der Waals surface area contributed by atoms with E-state index < -0.39 is 18.2 Å². The van der Waals surface area contributed by atoms with Crippen molar-refractivity contribution in [2.45, 2.75) is 102 Å². The van der Waals surface area contributed by atoms with E-state index in [-0.39, 0.29) is 41.0 Å². The van der Waals surface area contributed by atoms with E-state index in [1.165, 1.54) is 29.4 Å². The average molecular weight is 731 g/mol. The van der Waals surface area contributed by atoms with Crippen molar-refractivity contribution in [3.63, 3.8) is 0 Å². The second kappa shape index (κ2) is 16.3. The van der Waals surface area contributed by atoms with Crippen molar-refractivity contribution in [2.24, 2.45) is 17.6 Å². The van der Waals surface area contributed by atoms with Gasteiger partial charge in [0.25, 0.3) is 0 Å². The van der Waals surface area contributed by atoms with E-state index in [0.29, 0.717) is 6.54 Å². The first kappa shape index (κ1) is 37.7. The van der Waals surface area contributed by atoms with E-state index in [0.717, 1.165) is 74.5 Å². The molecule has 4 heterocycles. The molecule has 6 rings (SSSR count). The third-order valence-electron chi connectivity index (χ3n) is 11.0. The highest BCUT2D eigenvalue weighted by Crippen LogP contribution is 2.39. The molecular formula is C39H54N8O4S. The van der Waals surface area contributed by atoms with Gasteiger partial charge in [0, 0.05) is 18.3 Å². The summed E-state index contributed by atoms with van der Waals surface area (Å²) in [5, 5.41) is 3.02. The molecule has 0 radical (unpaired) electrons. The van der Waals surface area contributed by atoms with Crippen molar-refractivity contribution in [1.29, 1.82) is 0 Å². The number of nitrogens with two attached hydrogens (primary N) is 1. The van der Waals surface area contributed by atoms with Gasteiger partial charge in [0.2, 0.25) is 11.8 Å². The van der Waals surface area contributed by atoms with Crippen molar-refractivity contribution in [3.05, 3.63) is 70.9 Å². The van der Waals surface area contributed by atoms with Crippen LogP contribution in [0.1, 0.15) is 108 Å². The van der Waals surface area contributed by atoms with Gasteiger partial charge in [0.1, 0.15) is 17.7 Å². The molecule has 2 saturated heterocycles. The lowest BCUT2D eigenvalue weighted by Gasteiger charge is -2.30. The van der Waals surface area contributed by atoms with Gasteiger partial charge in [-0.15, -0.1) is 0 Å². The standard InChI is InChI=1S/C39H54N8O4S/c1-22(2)33(40)37(48)46-17-7-8-31(46)35-41-19-29(43-35)26-13-9-24(10-14-26)25-11-15-27(16-12-25)30-20-42-36(44-30)32-18-28(52-6)21-47(32)38(49)34(23(3)4)45-39(50)51-5/h9,11,13,15,19-20,22-23,28,31-34H,7-8,10,12,14,16-18,21,40H2,1-6H3,(H,41,43)(H,42,44)(H,45,50). The molecule has 5 N–H and O–H groups in total. The molecule has 12 nitrogen and oxygen atoms in total. The molecule has 52 heavy (non-hydrogen) atoms. The molecular weight excluding hydrogens is 677 g/mol. The van der Waals surface area contributed by atoms with Crippen LogP contribution >= 0.6 is 11.8 Å². The third kappa shape index (κ3) is 7.95. The molecule has 2 aromatic rings. The second-order valence-corrected chi connectivity index (χ2v) is 16.2. The molecule has 5 unspecified atom stereocenters. The molecule has 2 aliphatic carbocycles. The predicted molar refractivity (Wildman–Crippen MR) is 205 cm³/mol. The van der Waals surface area contributed by atoms with Crippen molar-refractivity contribution >= 4 is 40.8 Å². The Kier molecular flexibility index (Phi) is 11.8. The molecule has 0 spiro atoms. The number of hydrogen-bond donors (Lipinski definition) is 4. The van der Waals surface area contributed by atoms with Gasteiger partial charge in [-0.3, -0.25) is 9.59 Å². The van der Waals surface area contributed by atoms with Gasteiger partial charge in [-0.25, -0.2) is 14.8 Å². The van der Waals surface area contributed by atoms with Crippen LogP contribution < -0.4 is 11.1 Å². The number of carbonyl (C=O) groups excluding carboxylic acids is 3. The number of aromatic nitrogens is 4. The third-order valence-corrected chi connectivity index (χ3v) is 12.0. The zero-order valence-electron chi connectivity index (χ0n) is 31.3. The molecule has 0 bridgehead atoms. The minimum Gasteiger partial charge on any atom is -0.453 e. The van der Waals surface area contributed by atoms with Crippen LogP contribution in [0.15, 0.2) is 47.8 Å². The van der Waals surface area contributed by atoms with Crippen LogP contribution in [0.25, 0.3) is 11.1 Å². The zero-order chi connectivity index (χ0) is 37.1. The Morgan fingerprint density at radius 3 is 1.90 bits per heavy atom. The van der Waals surface area contributed by atoms with E-state index in [4.69, 9.17) is 20.4 Å². The van der Waals surface area contributed by atoms with E-state index in [2.05, 4.69) is 45.8 Å². The number of thioether (sulfide) groups is 1. The highest BCUT2D eigenvalue weighted by Gasteiger charge is 2.41. The highest BCUT2D eigenvalue weighted by molar-refractivity contribution is 7.99. The average Bonchev–Trinajstić information content (AvgIpc) is 3.99. The molecule has 2 aromatic heterocycles. The summed E-state index contributed by atoms with van der Waals surface area (Å²) in [7, 11) is 1.31. The molecule has 3 amide bonds. The Labute approximate surface area is 311 Å². The van der Waals surface area contributed by atoms with Crippen molar-refractivity contribution in [1.82, 2.24) is 35.1 Å². The number of methoxy groups -OCH3 is 1. The van der Waals surface area contributed by atoms with E-state index in [1.54, 1.807) is 11.8 Å². The van der Waals surface area contributed by atoms with Crippen LogP contribution in [0, 0.1) is 11.8 Å². The first-order chi connectivity index (χ1) is 25.0. The SMILES string of the molecule is COC(=O)NC(C(=O)N1CC(SC)CC1c1ncc(C2=CC=C(C3=CC=C(c4cnc(C5CCCN5C(=O)C(N)C(C)C)[nH]4)CC3)CC2)[nH]1)C(C)C. The van der Waals surface area contributed by atoms with Crippen molar-refractivity contribution in [2.75, 3.05) is 26.5 Å². The quantitative estimate of drug-likeness (QED) is 0.217. The molecule has 280 valence electrons. The Morgan fingerprint density at radius 2 is 1.40 bits per heavy atom. The minimum atomic E-state index is -0.680. The highest BCUT2D eigenvalue weighted by atomic mass is 32.2. The van der Waals surface area contributed by atoms with Crippen LogP contribution in [0.3, 0.4) is 0 Å². The van der Waals surface area contributed by atoms with Gasteiger partial charge in [-0.1, -0.05) is 52.0 Å². The van der Waals surface area contributed by atoms with Crippen LogP contribution in [-0.2, 0) is 14.3 Å². The van der Waals surface area contributed by atoms with E-state index in [1.807, 2.05) is 49.9 Å². The van der Waals surface area contributed by atoms with Crippen molar-refractivity contribution in [3.8, 4) is 0 Å². The summed E-state index contributed by atoms with van der Waals surface area (Å²) in [6, 6.07) is -1.43. The van der Waals surface area contributed by atoms with Gasteiger partial charge in [-0.2, -0.15) is 11.8 Å². The van der Waals surface area contributed by atoms with Gasteiger partial charge in [-0.05, 0) is 85.3 Å². The number of ether oxygens (including phenoxy) is 1. The first-order valence-electron chi connectivity index (χ1n) is 18.6. The van der Waals surface area contributed by atoms with Gasteiger partial charge in [0.05, 0.1) is 49.0 Å². The maximum atomic E-state index is 13.8. The molecule has 0 saturated carbocycles. The number of alkyl carbamates (subject to hydrolysis) is 1. The summed E-state index contributed by atoms with van der Waals surface area (Å²) < 4.78 is 4.80. The minimum absolute atomic E-state index is 0.00807. The molecule has 0 aromatic carbocycles. The Bertz CT molecular complexity index is 1770. The lowest BCUT2D eigenvalue weighted by atomic mass is 9.86. The number of rotatable bonds is 11. The Hall–Kier alpha value is -4.10. The summed E-state index contributed by atoms with van der Waals surface area (Å²) in [5.41, 5.74) is 13.3. The molecule has 13 heteroatoms. The summed E-state index contributed by atoms with van der Waals surface area (Å²) >= 11 is 1.75. The van der Waals surface area contributed by atoms with E-state index >= 15 is 0 Å². The number of carbonyl (C=O) groups is 3. The smallest absolute Gasteiger partial charge is 0.407 e. The number of nitrogens with zero attached hydrogens (tertiary/aromatic N) is 4. The fourth-order valence-electron chi connectivity index (χ4n) is 7.74. The summed E-state index contributed by atoms with van der Waals surface area (Å²) in [4.78, 5) is 59.2. The molecule has 2 fully saturated rings. The number of likely N-dealkylation sites (tertiary alicyclic amines) is 2. The predicted octanol–water partition coefficient (Wildman–Crippen LogP) is 6.07. The van der Waals surface area contributed by atoms with Gasteiger partial charge < -0.3 is 35.6 Å². The number of H-pyrrole nitrogens is 2. The normalized spacial score (nSPS) is 23.3. The number of allylic oxidation sites excluding steroid dienone is 8. The number of nitrogens with one attached hydrogen (secondary N) is 3. The van der Waals surface area contributed by atoms with E-state index in [9.17, 15) is 14.4 Å². The maximum Gasteiger partial charge on any atom is 0.407 e. The van der Waals surface area contributed by atoms with Crippen LogP contribution in [0.2, 0.25) is 0 Å². The summed E-state index contributed by atoms with van der Waals surface area (Å²) in [6.07, 6.45) is 20.4. The lowest BCUT2D eigenvalue weighted by molar-refractivity contribution is -0.136. The summed E-state index contributed by atoms with van der Waals surface area (Å²) in [6.45, 7) is 9.13. The van der Waals surface area contributed by atoms with Gasteiger partial charge in [0.15, 0.2) is 0 Å². The molecule has 2 aliphatic heterocycles. The number of imidazole rings is 2. The monoisotopic (exact) mass is 730 g/mol. The van der Waals surface area contributed by atoms with Crippen LogP contribution in [0.4, 0.5) is 4.79 Å². The number of aromatic amines is 2. The fourth-order valence-corrected chi connectivity index (χ4v) is 8.42. The molecule has 5 atom stereocenters. The van der Waals surface area contributed by atoms with Crippen LogP contribution in [0.5, 0.6) is 0 Å².